The van der Waals surface area contributed by atoms with Crippen LogP contribution in [-0.2, 0) is 4.79 Å². The molecule has 0 radical (unpaired) electrons. The van der Waals surface area contributed by atoms with Crippen LogP contribution in [0.15, 0.2) is 37.0 Å². The van der Waals surface area contributed by atoms with E-state index < -0.39 is 18.0 Å². The van der Waals surface area contributed by atoms with E-state index in [0.29, 0.717) is 5.57 Å². The van der Waals surface area contributed by atoms with Crippen molar-refractivity contribution in [3.05, 3.63) is 37.0 Å². The number of aliphatic hydroxyl groups is 1. The quantitative estimate of drug-likeness (QED) is 0.631. The Morgan fingerprint density at radius 2 is 2.00 bits per heavy atom. The summed E-state index contributed by atoms with van der Waals surface area (Å²) in [6, 6.07) is 0. The van der Waals surface area contributed by atoms with Crippen LogP contribution in [0.2, 0.25) is 0 Å². The molecule has 13 heavy (non-hydrogen) atoms. The monoisotopic (exact) mass is 182 g/mol. The molecule has 0 aliphatic carbocycles. The first-order chi connectivity index (χ1) is 6.04. The number of carbonyl (C=O) groups is 1. The number of aliphatic carboxylic acids is 1. The molecule has 0 bridgehead atoms. The van der Waals surface area contributed by atoms with E-state index in [4.69, 9.17) is 5.11 Å². The van der Waals surface area contributed by atoms with Crippen LogP contribution < -0.4 is 0 Å². The average molecular weight is 182 g/mol. The fraction of sp³-hybridized carbons (Fsp3) is 0.300. The number of rotatable bonds is 5. The number of allylic oxidation sites excluding steroid dienone is 3. The Kier molecular flexibility index (Phi) is 4.77. The van der Waals surface area contributed by atoms with Gasteiger partial charge in [0.25, 0.3) is 0 Å². The largest absolute Gasteiger partial charge is 0.481 e. The van der Waals surface area contributed by atoms with Gasteiger partial charge < -0.3 is 10.2 Å². The summed E-state index contributed by atoms with van der Waals surface area (Å²) in [6.45, 7) is 8.36. The first kappa shape index (κ1) is 11.6. The maximum Gasteiger partial charge on any atom is 0.313 e. The second kappa shape index (κ2) is 5.32. The minimum atomic E-state index is -1.07. The van der Waals surface area contributed by atoms with Crippen LogP contribution in [0.3, 0.4) is 0 Å². The van der Waals surface area contributed by atoms with E-state index in [-0.39, 0.29) is 0 Å². The molecule has 0 aromatic carbocycles. The molecule has 0 spiro atoms. The van der Waals surface area contributed by atoms with Crippen molar-refractivity contribution in [3.8, 4) is 0 Å². The van der Waals surface area contributed by atoms with E-state index in [2.05, 4.69) is 13.2 Å². The summed E-state index contributed by atoms with van der Waals surface area (Å²) in [5, 5.41) is 18.0. The summed E-state index contributed by atoms with van der Waals surface area (Å²) in [4.78, 5) is 10.7. The summed E-state index contributed by atoms with van der Waals surface area (Å²) >= 11 is 0. The Morgan fingerprint density at radius 1 is 1.46 bits per heavy atom. The molecular weight excluding hydrogens is 168 g/mol. The van der Waals surface area contributed by atoms with E-state index in [1.165, 1.54) is 25.2 Å². The topological polar surface area (TPSA) is 57.5 Å². The van der Waals surface area contributed by atoms with Gasteiger partial charge in [-0.25, -0.2) is 0 Å². The zero-order valence-corrected chi connectivity index (χ0v) is 7.60. The Morgan fingerprint density at radius 3 is 2.23 bits per heavy atom. The van der Waals surface area contributed by atoms with Gasteiger partial charge in [0, 0.05) is 0 Å². The van der Waals surface area contributed by atoms with E-state index in [0.717, 1.165) is 0 Å². The second-order valence-electron chi connectivity index (χ2n) is 2.66. The van der Waals surface area contributed by atoms with Crippen molar-refractivity contribution >= 4 is 5.97 Å². The van der Waals surface area contributed by atoms with Gasteiger partial charge in [-0.1, -0.05) is 31.4 Å². The highest BCUT2D eigenvalue weighted by molar-refractivity contribution is 5.75. The molecule has 0 saturated heterocycles. The third-order valence-corrected chi connectivity index (χ3v) is 1.65. The molecule has 0 heterocycles. The molecule has 3 heteroatoms. The van der Waals surface area contributed by atoms with Crippen molar-refractivity contribution in [3.63, 3.8) is 0 Å². The molecule has 0 aromatic heterocycles. The highest BCUT2D eigenvalue weighted by Crippen LogP contribution is 2.16. The molecule has 0 fully saturated rings. The minimum Gasteiger partial charge on any atom is -0.481 e. The van der Waals surface area contributed by atoms with Crippen molar-refractivity contribution in [2.24, 2.45) is 5.92 Å². The van der Waals surface area contributed by atoms with E-state index in [1.807, 2.05) is 0 Å². The van der Waals surface area contributed by atoms with E-state index in [1.54, 1.807) is 0 Å². The lowest BCUT2D eigenvalue weighted by Gasteiger charge is -2.15. The van der Waals surface area contributed by atoms with Gasteiger partial charge in [-0.3, -0.25) is 4.79 Å². The number of hydrogen-bond acceptors (Lipinski definition) is 2. The van der Waals surface area contributed by atoms with Gasteiger partial charge in [0.05, 0.1) is 6.10 Å². The van der Waals surface area contributed by atoms with Crippen molar-refractivity contribution in [2.45, 2.75) is 13.0 Å². The summed E-state index contributed by atoms with van der Waals surface area (Å²) in [7, 11) is 0. The molecule has 2 unspecified atom stereocenters. The third-order valence-electron chi connectivity index (χ3n) is 1.65. The number of aliphatic hydroxyl groups excluding tert-OH is 1. The summed E-state index contributed by atoms with van der Waals surface area (Å²) in [5.41, 5.74) is 0.456. The molecule has 0 aliphatic heterocycles. The van der Waals surface area contributed by atoms with Gasteiger partial charge in [0.2, 0.25) is 0 Å². The summed E-state index contributed by atoms with van der Waals surface area (Å²) < 4.78 is 0. The maximum atomic E-state index is 10.7. The van der Waals surface area contributed by atoms with Crippen LogP contribution in [0.25, 0.3) is 0 Å². The van der Waals surface area contributed by atoms with Gasteiger partial charge in [-0.05, 0) is 12.5 Å². The van der Waals surface area contributed by atoms with Crippen LogP contribution >= 0.6 is 0 Å². The molecule has 2 N–H and O–H groups in total. The predicted molar refractivity (Wildman–Crippen MR) is 51.3 cm³/mol. The lowest BCUT2D eigenvalue weighted by Crippen LogP contribution is -2.26. The molecule has 72 valence electrons. The molecule has 0 aliphatic rings. The van der Waals surface area contributed by atoms with Gasteiger partial charge in [0.1, 0.15) is 5.92 Å². The fourth-order valence-electron chi connectivity index (χ4n) is 1.06. The lowest BCUT2D eigenvalue weighted by molar-refractivity contribution is -0.143. The molecule has 0 aromatic rings. The molecule has 0 saturated carbocycles. The van der Waals surface area contributed by atoms with Crippen molar-refractivity contribution in [2.75, 3.05) is 0 Å². The zero-order valence-electron chi connectivity index (χ0n) is 7.60. The van der Waals surface area contributed by atoms with E-state index in [9.17, 15) is 9.90 Å². The van der Waals surface area contributed by atoms with Gasteiger partial charge >= 0.3 is 5.97 Å². The van der Waals surface area contributed by atoms with Crippen LogP contribution in [0, 0.1) is 5.92 Å². The van der Waals surface area contributed by atoms with Crippen LogP contribution in [-0.4, -0.2) is 22.3 Å². The minimum absolute atomic E-state index is 0.456. The molecule has 0 rings (SSSR count). The van der Waals surface area contributed by atoms with Gasteiger partial charge in [-0.15, -0.1) is 0 Å². The Labute approximate surface area is 77.7 Å². The van der Waals surface area contributed by atoms with Crippen molar-refractivity contribution in [1.29, 1.82) is 0 Å². The average Bonchev–Trinajstić information content (AvgIpc) is 2.02. The van der Waals surface area contributed by atoms with E-state index >= 15 is 0 Å². The Hall–Kier alpha value is -1.35. The number of hydrogen-bond donors (Lipinski definition) is 2. The van der Waals surface area contributed by atoms with Gasteiger partial charge in [-0.2, -0.15) is 0 Å². The summed E-state index contributed by atoms with van der Waals surface area (Å²) in [6.07, 6.45) is 3.46. The van der Waals surface area contributed by atoms with Crippen molar-refractivity contribution in [1.82, 2.24) is 0 Å². The summed E-state index contributed by atoms with van der Waals surface area (Å²) in [5.74, 6) is -2.00. The first-order valence-electron chi connectivity index (χ1n) is 3.90. The smallest absolute Gasteiger partial charge is 0.313 e. The Bertz CT molecular complexity index is 239. The van der Waals surface area contributed by atoms with Gasteiger partial charge in [0.15, 0.2) is 0 Å². The number of carboxylic acid groups (broad SMARTS) is 1. The third kappa shape index (κ3) is 3.25. The van der Waals surface area contributed by atoms with Crippen LogP contribution in [0.1, 0.15) is 6.92 Å². The zero-order chi connectivity index (χ0) is 10.4. The predicted octanol–water partition coefficient (Wildman–Crippen LogP) is 1.37. The normalized spacial score (nSPS) is 16.0. The molecule has 2 atom stereocenters. The van der Waals surface area contributed by atoms with Crippen LogP contribution in [0.5, 0.6) is 0 Å². The number of carboxylic acids is 1. The highest BCUT2D eigenvalue weighted by Gasteiger charge is 2.25. The second-order valence-corrected chi connectivity index (χ2v) is 2.66. The lowest BCUT2D eigenvalue weighted by atomic mass is 9.94. The molecule has 3 nitrogen and oxygen atoms in total. The molecular formula is C10H14O3. The highest BCUT2D eigenvalue weighted by atomic mass is 16.4. The van der Waals surface area contributed by atoms with Crippen LogP contribution in [0.4, 0.5) is 0 Å². The Balaban J connectivity index is 4.90. The SMILES string of the molecule is C=C/C=C(\C=C)C(C(=O)O)C(C)O. The fourth-order valence-corrected chi connectivity index (χ4v) is 1.06. The standard InChI is InChI=1S/C10H14O3/c1-4-6-8(5-2)9(7(3)11)10(12)13/h4-7,9,11H,1-2H2,3H3,(H,12,13)/b8-6+. The maximum absolute atomic E-state index is 10.7. The molecule has 0 amide bonds. The van der Waals surface area contributed by atoms with Crippen molar-refractivity contribution < 1.29 is 15.0 Å². The first-order valence-corrected chi connectivity index (χ1v) is 3.90.